The predicted molar refractivity (Wildman–Crippen MR) is 89.1 cm³/mol. The average Bonchev–Trinajstić information content (AvgIpc) is 2.97. The lowest BCUT2D eigenvalue weighted by Gasteiger charge is -2.18. The first-order chi connectivity index (χ1) is 11.0. The van der Waals surface area contributed by atoms with Crippen molar-refractivity contribution >= 4 is 5.91 Å². The van der Waals surface area contributed by atoms with Gasteiger partial charge < -0.3 is 10.1 Å². The monoisotopic (exact) mass is 315 g/mol. The van der Waals surface area contributed by atoms with E-state index in [0.717, 1.165) is 16.9 Å². The van der Waals surface area contributed by atoms with E-state index in [4.69, 9.17) is 4.74 Å². The normalized spacial score (nSPS) is 12.2. The topological polar surface area (TPSA) is 59.4 Å². The zero-order chi connectivity index (χ0) is 16.8. The van der Waals surface area contributed by atoms with Crippen LogP contribution in [-0.2, 0) is 11.8 Å². The second-order valence-electron chi connectivity index (χ2n) is 5.64. The summed E-state index contributed by atoms with van der Waals surface area (Å²) in [6.45, 7) is 2.74. The number of amides is 1. The van der Waals surface area contributed by atoms with Crippen LogP contribution in [0.3, 0.4) is 0 Å². The molecule has 0 bridgehead atoms. The van der Waals surface area contributed by atoms with Crippen LogP contribution in [0.15, 0.2) is 30.6 Å². The molecule has 2 rings (SSSR count). The van der Waals surface area contributed by atoms with Gasteiger partial charge in [0.05, 0.1) is 18.8 Å². The third-order valence-electron chi connectivity index (χ3n) is 3.62. The van der Waals surface area contributed by atoms with Gasteiger partial charge in [-0.25, -0.2) is 0 Å². The molecule has 1 heterocycles. The zero-order valence-corrected chi connectivity index (χ0v) is 14.0. The van der Waals surface area contributed by atoms with E-state index in [-0.39, 0.29) is 11.9 Å². The molecule has 6 nitrogen and oxygen atoms in total. The number of nitrogens with one attached hydrogen (secondary N) is 1. The van der Waals surface area contributed by atoms with E-state index in [0.29, 0.717) is 13.2 Å². The summed E-state index contributed by atoms with van der Waals surface area (Å²) >= 11 is 0. The van der Waals surface area contributed by atoms with E-state index in [9.17, 15) is 4.79 Å². The molecule has 0 spiro atoms. The van der Waals surface area contributed by atoms with Crippen molar-refractivity contribution in [1.29, 1.82) is 0 Å². The highest BCUT2D eigenvalue weighted by molar-refractivity contribution is 5.81. The minimum Gasteiger partial charge on any atom is -0.492 e. The summed E-state index contributed by atoms with van der Waals surface area (Å²) in [5, 5.41) is 7.01. The highest BCUT2D eigenvalue weighted by atomic mass is 16.5. The van der Waals surface area contributed by atoms with E-state index in [1.165, 1.54) is 0 Å². The third kappa shape index (κ3) is 4.82. The van der Waals surface area contributed by atoms with Gasteiger partial charge in [0.15, 0.2) is 0 Å². The van der Waals surface area contributed by atoms with Crippen molar-refractivity contribution in [2.75, 3.05) is 27.2 Å². The number of nitrogens with zero attached hydrogens (tertiary/aromatic N) is 3. The number of rotatable bonds is 7. The summed E-state index contributed by atoms with van der Waals surface area (Å²) in [6, 6.07) is 8.53. The lowest BCUT2D eigenvalue weighted by molar-refractivity contribution is -0.125. The van der Waals surface area contributed by atoms with Gasteiger partial charge in [-0.3, -0.25) is 14.4 Å². The molecule has 2 aromatic rings. The maximum Gasteiger partial charge on any atom is 0.237 e. The minimum atomic E-state index is -0.155. The van der Waals surface area contributed by atoms with Gasteiger partial charge in [-0.1, -0.05) is 0 Å². The van der Waals surface area contributed by atoms with Crippen LogP contribution in [0.4, 0.5) is 0 Å². The fraction of sp³-hybridized carbons (Fsp3) is 0.412. The molecule has 1 amide bonds. The lowest BCUT2D eigenvalue weighted by Crippen LogP contribution is -2.42. The molecule has 123 valence electrons. The average molecular weight is 315 g/mol. The van der Waals surface area contributed by atoms with Crippen molar-refractivity contribution in [2.45, 2.75) is 13.0 Å². The van der Waals surface area contributed by atoms with Crippen LogP contribution < -0.4 is 10.1 Å². The van der Waals surface area contributed by atoms with Crippen molar-refractivity contribution < 1.29 is 9.53 Å². The van der Waals surface area contributed by atoms with Crippen molar-refractivity contribution in [1.82, 2.24) is 20.0 Å². The highest BCUT2D eigenvalue weighted by Crippen LogP contribution is 2.22. The number of carbonyl (C=O) groups excluding carboxylic acids is 1. The van der Waals surface area contributed by atoms with Gasteiger partial charge in [0.25, 0.3) is 0 Å². The van der Waals surface area contributed by atoms with Gasteiger partial charge in [0.1, 0.15) is 12.4 Å². The van der Waals surface area contributed by atoms with Gasteiger partial charge in [0, 0.05) is 18.8 Å². The van der Waals surface area contributed by atoms with Crippen LogP contribution in [0, 0.1) is 6.07 Å². The SMILES string of the molecule is C[C@@H](C(=O)NCCOc1c[c]cc(-c2cnn(C)c2)c1)N(C)C. The third-order valence-corrected chi connectivity index (χ3v) is 3.62. The summed E-state index contributed by atoms with van der Waals surface area (Å²) < 4.78 is 7.43. The number of benzene rings is 1. The van der Waals surface area contributed by atoms with Gasteiger partial charge in [-0.2, -0.15) is 5.10 Å². The Hall–Kier alpha value is -2.34. The zero-order valence-electron chi connectivity index (χ0n) is 14.0. The first-order valence-corrected chi connectivity index (χ1v) is 7.54. The number of carbonyl (C=O) groups is 1. The number of hydrogen-bond donors (Lipinski definition) is 1. The first-order valence-electron chi connectivity index (χ1n) is 7.54. The van der Waals surface area contributed by atoms with Crippen molar-refractivity contribution in [3.63, 3.8) is 0 Å². The van der Waals surface area contributed by atoms with Crippen LogP contribution in [0.2, 0.25) is 0 Å². The van der Waals surface area contributed by atoms with Gasteiger partial charge in [0.2, 0.25) is 5.91 Å². The lowest BCUT2D eigenvalue weighted by atomic mass is 10.1. The Morgan fingerprint density at radius 1 is 1.43 bits per heavy atom. The molecule has 1 radical (unpaired) electrons. The quantitative estimate of drug-likeness (QED) is 0.783. The van der Waals surface area contributed by atoms with E-state index in [2.05, 4.69) is 16.5 Å². The van der Waals surface area contributed by atoms with E-state index >= 15 is 0 Å². The second-order valence-corrected chi connectivity index (χ2v) is 5.64. The molecule has 0 unspecified atom stereocenters. The van der Waals surface area contributed by atoms with Gasteiger partial charge >= 0.3 is 0 Å². The molecular formula is C17H23N4O2. The molecule has 0 aliphatic rings. The summed E-state index contributed by atoms with van der Waals surface area (Å²) in [6.07, 6.45) is 3.74. The summed E-state index contributed by atoms with van der Waals surface area (Å²) in [4.78, 5) is 13.7. The largest absolute Gasteiger partial charge is 0.492 e. The maximum atomic E-state index is 11.8. The molecule has 0 fully saturated rings. The molecule has 1 aromatic carbocycles. The predicted octanol–water partition coefficient (Wildman–Crippen LogP) is 1.33. The Morgan fingerprint density at radius 3 is 2.87 bits per heavy atom. The Balaban J connectivity index is 1.84. The molecule has 0 aliphatic carbocycles. The van der Waals surface area contributed by atoms with Crippen LogP contribution in [-0.4, -0.2) is 53.9 Å². The summed E-state index contributed by atoms with van der Waals surface area (Å²) in [5.74, 6) is 0.718. The van der Waals surface area contributed by atoms with E-state index in [1.54, 1.807) is 16.9 Å². The van der Waals surface area contributed by atoms with Crippen molar-refractivity contribution in [2.24, 2.45) is 7.05 Å². The van der Waals surface area contributed by atoms with Crippen LogP contribution in [0.25, 0.3) is 11.1 Å². The number of likely N-dealkylation sites (N-methyl/N-ethyl adjacent to an activating group) is 1. The smallest absolute Gasteiger partial charge is 0.237 e. The standard InChI is InChI=1S/C17H23N4O2/c1-13(20(2)3)17(22)18-8-9-23-16-7-5-6-14(10-16)15-11-19-21(4)12-15/h6-7,10-13H,8-9H2,1-4H3,(H,18,22)/t13-/m0/s1. The Bertz CT molecular complexity index is 652. The van der Waals surface area contributed by atoms with Crippen LogP contribution in [0.1, 0.15) is 6.92 Å². The summed E-state index contributed by atoms with van der Waals surface area (Å²) in [7, 11) is 5.63. The van der Waals surface area contributed by atoms with Gasteiger partial charge in [-0.15, -0.1) is 0 Å². The van der Waals surface area contributed by atoms with Crippen LogP contribution in [0.5, 0.6) is 5.75 Å². The van der Waals surface area contributed by atoms with Crippen LogP contribution >= 0.6 is 0 Å². The van der Waals surface area contributed by atoms with Crippen molar-refractivity contribution in [3.05, 3.63) is 36.7 Å². The molecule has 1 N–H and O–H groups in total. The Morgan fingerprint density at radius 2 is 2.22 bits per heavy atom. The van der Waals surface area contributed by atoms with E-state index < -0.39 is 0 Å². The molecular weight excluding hydrogens is 292 g/mol. The molecule has 0 saturated heterocycles. The molecule has 0 saturated carbocycles. The molecule has 1 atom stereocenters. The van der Waals surface area contributed by atoms with Gasteiger partial charge in [-0.05, 0) is 50.8 Å². The molecule has 1 aromatic heterocycles. The summed E-state index contributed by atoms with van der Waals surface area (Å²) in [5.41, 5.74) is 2.02. The number of aryl methyl sites for hydroxylation is 1. The highest BCUT2D eigenvalue weighted by Gasteiger charge is 2.13. The fourth-order valence-electron chi connectivity index (χ4n) is 2.00. The Kier molecular flexibility index (Phi) is 5.76. The van der Waals surface area contributed by atoms with E-state index in [1.807, 2.05) is 51.3 Å². The number of aromatic nitrogens is 2. The Labute approximate surface area is 137 Å². The number of hydrogen-bond acceptors (Lipinski definition) is 4. The minimum absolute atomic E-state index is 0.00530. The maximum absolute atomic E-state index is 11.8. The molecule has 6 heteroatoms. The second kappa shape index (κ2) is 7.78. The van der Waals surface area contributed by atoms with Crippen molar-refractivity contribution in [3.8, 4) is 16.9 Å². The fourth-order valence-corrected chi connectivity index (χ4v) is 2.00. The molecule has 23 heavy (non-hydrogen) atoms. The molecule has 0 aliphatic heterocycles. The number of ether oxygens (including phenoxy) is 1. The first kappa shape index (κ1) is 17.0.